The fourth-order valence-corrected chi connectivity index (χ4v) is 3.78. The van der Waals surface area contributed by atoms with Crippen molar-refractivity contribution in [1.82, 2.24) is 15.5 Å². The number of nitro groups is 1. The smallest absolute Gasteiger partial charge is 0.273 e. The molecule has 0 saturated carbocycles. The summed E-state index contributed by atoms with van der Waals surface area (Å²) in [6.07, 6.45) is 4.23. The third-order valence-corrected chi connectivity index (χ3v) is 5.25. The molecule has 2 saturated heterocycles. The minimum atomic E-state index is -0.419. The van der Waals surface area contributed by atoms with Gasteiger partial charge in [0, 0.05) is 25.7 Å². The first-order chi connectivity index (χ1) is 13.1. The highest BCUT2D eigenvalue weighted by molar-refractivity contribution is 5.85. The summed E-state index contributed by atoms with van der Waals surface area (Å²) in [7, 11) is 0. The predicted molar refractivity (Wildman–Crippen MR) is 109 cm³/mol. The van der Waals surface area contributed by atoms with E-state index in [1.54, 1.807) is 12.1 Å². The third-order valence-electron chi connectivity index (χ3n) is 5.25. The van der Waals surface area contributed by atoms with Gasteiger partial charge in [0.15, 0.2) is 0 Å². The van der Waals surface area contributed by atoms with E-state index >= 15 is 0 Å². The molecule has 0 aromatic heterocycles. The first-order valence-corrected chi connectivity index (χ1v) is 9.72. The lowest BCUT2D eigenvalue weighted by Crippen LogP contribution is -2.46. The normalized spacial score (nSPS) is 22.3. The Morgan fingerprint density at radius 1 is 1.36 bits per heavy atom. The van der Waals surface area contributed by atoms with Gasteiger partial charge in [-0.2, -0.15) is 0 Å². The number of benzene rings is 1. The van der Waals surface area contributed by atoms with Crippen molar-refractivity contribution in [3.8, 4) is 5.75 Å². The zero-order valence-electron chi connectivity index (χ0n) is 16.0. The number of nitrogens with one attached hydrogen (secondary N) is 2. The van der Waals surface area contributed by atoms with Crippen LogP contribution in [0.2, 0.25) is 0 Å². The van der Waals surface area contributed by atoms with Crippen LogP contribution in [0.3, 0.4) is 0 Å². The Hall–Kier alpha value is -1.90. The minimum Gasteiger partial charge on any atom is -0.492 e. The molecule has 1 aromatic rings. The van der Waals surface area contributed by atoms with Crippen LogP contribution in [-0.2, 0) is 4.79 Å². The quantitative estimate of drug-likeness (QED) is 0.500. The molecule has 0 spiro atoms. The molecule has 3 rings (SSSR count). The molecule has 156 valence electrons. The molecule has 2 fully saturated rings. The van der Waals surface area contributed by atoms with Crippen LogP contribution >= 0.6 is 12.4 Å². The highest BCUT2D eigenvalue weighted by Crippen LogP contribution is 2.20. The maximum atomic E-state index is 12.1. The van der Waals surface area contributed by atoms with Crippen LogP contribution in [0.4, 0.5) is 5.69 Å². The van der Waals surface area contributed by atoms with E-state index < -0.39 is 4.92 Å². The molecule has 2 aliphatic rings. The van der Waals surface area contributed by atoms with Gasteiger partial charge in [-0.25, -0.2) is 0 Å². The summed E-state index contributed by atoms with van der Waals surface area (Å²) in [6, 6.07) is 6.25. The number of nitrogens with zero attached hydrogens (tertiary/aromatic N) is 2. The Bertz CT molecular complexity index is 655. The standard InChI is InChI=1S/C19H28N4O4.ClH/c24-19(18-7-2-8-20-18)21-13-15-4-3-9-22(14-15)10-11-27-17-6-1-5-16(12-17)23(25)26;/h1,5-6,12,15,18,20H,2-4,7-11,13-14H2,(H,21,24);1H. The fraction of sp³-hybridized carbons (Fsp3) is 0.632. The Morgan fingerprint density at radius 3 is 2.96 bits per heavy atom. The highest BCUT2D eigenvalue weighted by atomic mass is 35.5. The van der Waals surface area contributed by atoms with Crippen LogP contribution in [0.25, 0.3) is 0 Å². The summed E-state index contributed by atoms with van der Waals surface area (Å²) >= 11 is 0. The van der Waals surface area contributed by atoms with Crippen LogP contribution in [-0.4, -0.2) is 61.1 Å². The van der Waals surface area contributed by atoms with E-state index in [0.29, 0.717) is 18.3 Å². The molecule has 2 atom stereocenters. The minimum absolute atomic E-state index is 0. The summed E-state index contributed by atoms with van der Waals surface area (Å²) < 4.78 is 5.68. The van der Waals surface area contributed by atoms with E-state index in [9.17, 15) is 14.9 Å². The molecular formula is C19H29ClN4O4. The van der Waals surface area contributed by atoms with E-state index in [0.717, 1.165) is 58.4 Å². The van der Waals surface area contributed by atoms with Gasteiger partial charge in [-0.15, -0.1) is 12.4 Å². The summed E-state index contributed by atoms with van der Waals surface area (Å²) in [5, 5.41) is 17.1. The van der Waals surface area contributed by atoms with Crippen molar-refractivity contribution in [2.24, 2.45) is 5.92 Å². The Labute approximate surface area is 171 Å². The first kappa shape index (κ1) is 22.4. The highest BCUT2D eigenvalue weighted by Gasteiger charge is 2.24. The molecule has 0 radical (unpaired) electrons. The molecule has 2 aliphatic heterocycles. The van der Waals surface area contributed by atoms with Gasteiger partial charge >= 0.3 is 0 Å². The van der Waals surface area contributed by atoms with Gasteiger partial charge in [0.2, 0.25) is 5.91 Å². The zero-order chi connectivity index (χ0) is 19.1. The molecule has 0 bridgehead atoms. The lowest BCUT2D eigenvalue weighted by atomic mass is 9.98. The zero-order valence-corrected chi connectivity index (χ0v) is 16.8. The monoisotopic (exact) mass is 412 g/mol. The lowest BCUT2D eigenvalue weighted by molar-refractivity contribution is -0.384. The third kappa shape index (κ3) is 6.61. The summed E-state index contributed by atoms with van der Waals surface area (Å²) in [6.45, 7) is 4.88. The second kappa shape index (κ2) is 11.2. The van der Waals surface area contributed by atoms with Gasteiger partial charge in [-0.05, 0) is 50.8 Å². The van der Waals surface area contributed by atoms with Gasteiger partial charge in [-0.1, -0.05) is 6.07 Å². The SMILES string of the molecule is Cl.O=C(NCC1CCCN(CCOc2cccc([N+](=O)[O-])c2)C1)C1CCCN1. The number of hydrogen-bond donors (Lipinski definition) is 2. The van der Waals surface area contributed by atoms with Crippen molar-refractivity contribution < 1.29 is 14.5 Å². The molecule has 8 nitrogen and oxygen atoms in total. The molecule has 1 aromatic carbocycles. The van der Waals surface area contributed by atoms with Gasteiger partial charge < -0.3 is 15.4 Å². The molecule has 28 heavy (non-hydrogen) atoms. The van der Waals surface area contributed by atoms with Gasteiger partial charge in [0.05, 0.1) is 17.0 Å². The first-order valence-electron chi connectivity index (χ1n) is 9.72. The van der Waals surface area contributed by atoms with Crippen molar-refractivity contribution in [3.05, 3.63) is 34.4 Å². The average Bonchev–Trinajstić information content (AvgIpc) is 3.22. The van der Waals surface area contributed by atoms with Crippen molar-refractivity contribution >= 4 is 24.0 Å². The number of piperidine rings is 1. The summed E-state index contributed by atoms with van der Waals surface area (Å²) in [5.41, 5.74) is 0.0398. The van der Waals surface area contributed by atoms with Crippen molar-refractivity contribution in [3.63, 3.8) is 0 Å². The number of ether oxygens (including phenoxy) is 1. The van der Waals surface area contributed by atoms with E-state index in [1.165, 1.54) is 12.1 Å². The Balaban J connectivity index is 0.00000280. The van der Waals surface area contributed by atoms with E-state index in [1.807, 2.05) is 0 Å². The van der Waals surface area contributed by atoms with E-state index in [4.69, 9.17) is 4.74 Å². The number of hydrogen-bond acceptors (Lipinski definition) is 6. The number of amides is 1. The van der Waals surface area contributed by atoms with Crippen molar-refractivity contribution in [2.75, 3.05) is 39.3 Å². The largest absolute Gasteiger partial charge is 0.492 e. The van der Waals surface area contributed by atoms with E-state index in [-0.39, 0.29) is 30.0 Å². The molecule has 1 amide bonds. The average molecular weight is 413 g/mol. The maximum absolute atomic E-state index is 12.1. The summed E-state index contributed by atoms with van der Waals surface area (Å²) in [5.74, 6) is 1.11. The molecule has 0 aliphatic carbocycles. The second-order valence-corrected chi connectivity index (χ2v) is 7.31. The van der Waals surface area contributed by atoms with Gasteiger partial charge in [0.25, 0.3) is 5.69 Å². The van der Waals surface area contributed by atoms with Crippen molar-refractivity contribution in [2.45, 2.75) is 31.7 Å². The van der Waals surface area contributed by atoms with Crippen LogP contribution in [0.1, 0.15) is 25.7 Å². The fourth-order valence-electron chi connectivity index (χ4n) is 3.78. The lowest BCUT2D eigenvalue weighted by Gasteiger charge is -2.32. The Morgan fingerprint density at radius 2 is 2.21 bits per heavy atom. The summed E-state index contributed by atoms with van der Waals surface area (Å²) in [4.78, 5) is 24.9. The number of carbonyl (C=O) groups is 1. The predicted octanol–water partition coefficient (Wildman–Crippen LogP) is 1.98. The Kier molecular flexibility index (Phi) is 8.95. The molecule has 2 heterocycles. The maximum Gasteiger partial charge on any atom is 0.273 e. The number of likely N-dealkylation sites (tertiary alicyclic amines) is 1. The molecule has 2 N–H and O–H groups in total. The van der Waals surface area contributed by atoms with E-state index in [2.05, 4.69) is 15.5 Å². The van der Waals surface area contributed by atoms with Gasteiger partial charge in [-0.3, -0.25) is 19.8 Å². The van der Waals surface area contributed by atoms with Crippen LogP contribution in [0.5, 0.6) is 5.75 Å². The van der Waals surface area contributed by atoms with Crippen LogP contribution in [0.15, 0.2) is 24.3 Å². The topological polar surface area (TPSA) is 96.7 Å². The van der Waals surface area contributed by atoms with Crippen LogP contribution in [0, 0.1) is 16.0 Å². The molecule has 2 unspecified atom stereocenters. The molecule has 9 heteroatoms. The number of carbonyl (C=O) groups excluding carboxylic acids is 1. The number of rotatable bonds is 8. The van der Waals surface area contributed by atoms with Crippen LogP contribution < -0.4 is 15.4 Å². The number of non-ortho nitro benzene ring substituents is 1. The molecular weight excluding hydrogens is 384 g/mol. The number of halogens is 1. The second-order valence-electron chi connectivity index (χ2n) is 7.31. The van der Waals surface area contributed by atoms with Gasteiger partial charge in [0.1, 0.15) is 12.4 Å². The number of nitro benzene ring substituents is 1. The van der Waals surface area contributed by atoms with Crippen molar-refractivity contribution in [1.29, 1.82) is 0 Å².